The van der Waals surface area contributed by atoms with Gasteiger partial charge in [-0.05, 0) is 31.2 Å². The van der Waals surface area contributed by atoms with E-state index in [1.165, 1.54) is 5.56 Å². The lowest BCUT2D eigenvalue weighted by molar-refractivity contribution is 0.0699. The van der Waals surface area contributed by atoms with Crippen molar-refractivity contribution in [2.75, 3.05) is 161 Å². The maximum Gasteiger partial charge on any atom is 0.233 e. The van der Waals surface area contributed by atoms with Crippen LogP contribution >= 0.6 is 0 Å². The molecule has 15 nitrogen and oxygen atoms in total. The van der Waals surface area contributed by atoms with E-state index in [9.17, 15) is 20.4 Å². The van der Waals surface area contributed by atoms with Crippen molar-refractivity contribution in [2.24, 2.45) is 0 Å². The Balaban J connectivity index is 1.51. The quantitative estimate of drug-likeness (QED) is 0.159. The number of aromatic nitrogens is 3. The molecule has 0 amide bonds. The maximum atomic E-state index is 10.1. The van der Waals surface area contributed by atoms with E-state index in [0.717, 1.165) is 84.1 Å². The number of β-amino-alcohol motifs (C(OH)–C–C–N with tert-alkyl or cyclic N) is 4. The number of aliphatic hydroxyl groups excluding tert-OH is 4. The van der Waals surface area contributed by atoms with Gasteiger partial charge in [0.15, 0.2) is 0 Å². The molecule has 5 N–H and O–H groups in total. The largest absolute Gasteiger partial charge is 0.395 e. The second-order valence-electron chi connectivity index (χ2n) is 13.0. The van der Waals surface area contributed by atoms with E-state index in [-0.39, 0.29) is 32.5 Å². The summed E-state index contributed by atoms with van der Waals surface area (Å²) in [7, 11) is 5.99. The first kappa shape index (κ1) is 38.1. The van der Waals surface area contributed by atoms with Crippen molar-refractivity contribution in [3.63, 3.8) is 0 Å². The number of anilines is 4. The Kier molecular flexibility index (Phi) is 15.9. The molecule has 3 heterocycles. The Morgan fingerprint density at radius 3 is 1.83 bits per heavy atom. The molecular weight excluding hydrogens is 614 g/mol. The number of piperazine rings is 1. The highest BCUT2D eigenvalue weighted by Crippen LogP contribution is 2.21. The lowest BCUT2D eigenvalue weighted by Crippen LogP contribution is -2.52. The van der Waals surface area contributed by atoms with Crippen molar-refractivity contribution < 1.29 is 20.4 Å². The highest BCUT2D eigenvalue weighted by atomic mass is 16.3. The van der Waals surface area contributed by atoms with Crippen molar-refractivity contribution in [3.05, 3.63) is 29.8 Å². The third kappa shape index (κ3) is 12.0. The number of rotatable bonds is 14. The number of hydrogen-bond acceptors (Lipinski definition) is 15. The summed E-state index contributed by atoms with van der Waals surface area (Å²) in [5, 5.41) is 42.7. The molecule has 0 spiro atoms. The van der Waals surface area contributed by atoms with Crippen LogP contribution in [-0.4, -0.2) is 212 Å². The van der Waals surface area contributed by atoms with Crippen LogP contribution in [-0.2, 0) is 6.42 Å². The van der Waals surface area contributed by atoms with Crippen LogP contribution in [0.2, 0.25) is 0 Å². The third-order valence-corrected chi connectivity index (χ3v) is 9.27. The molecule has 2 aliphatic rings. The predicted molar refractivity (Wildman–Crippen MR) is 190 cm³/mol. The van der Waals surface area contributed by atoms with Gasteiger partial charge in [-0.25, -0.2) is 0 Å². The smallest absolute Gasteiger partial charge is 0.233 e. The summed E-state index contributed by atoms with van der Waals surface area (Å²) in [5.41, 5.74) is 2.05. The van der Waals surface area contributed by atoms with Gasteiger partial charge in [-0.1, -0.05) is 12.1 Å². The van der Waals surface area contributed by atoms with E-state index in [2.05, 4.69) is 71.0 Å². The van der Waals surface area contributed by atoms with Crippen LogP contribution in [0.4, 0.5) is 23.5 Å². The predicted octanol–water partition coefficient (Wildman–Crippen LogP) is -1.47. The Morgan fingerprint density at radius 1 is 0.688 bits per heavy atom. The zero-order valence-electron chi connectivity index (χ0n) is 29.3. The molecule has 1 aromatic heterocycles. The van der Waals surface area contributed by atoms with Gasteiger partial charge in [-0.3, -0.25) is 19.6 Å². The fraction of sp³-hybridized carbons (Fsp3) is 0.727. The SMILES string of the molecule is CN1CCN(c2nc(Nc3ccc(CC4CN(CCO)CCN(CCO)CCN(CCO)CCN4CCO)cc3)nc(N(C)C)n2)CC1. The van der Waals surface area contributed by atoms with E-state index in [0.29, 0.717) is 44.0 Å². The maximum absolute atomic E-state index is 10.1. The summed E-state index contributed by atoms with van der Waals surface area (Å²) < 4.78 is 0. The molecule has 2 aliphatic heterocycles. The molecule has 1 atom stereocenters. The molecule has 0 aliphatic carbocycles. The fourth-order valence-electron chi connectivity index (χ4n) is 6.32. The molecular formula is C33H59N11O4. The summed E-state index contributed by atoms with van der Waals surface area (Å²) in [6.45, 7) is 11.7. The molecule has 2 fully saturated rings. The Hall–Kier alpha value is -2.73. The summed E-state index contributed by atoms with van der Waals surface area (Å²) in [5.74, 6) is 1.79. The van der Waals surface area contributed by atoms with Crippen molar-refractivity contribution in [1.29, 1.82) is 0 Å². The molecule has 48 heavy (non-hydrogen) atoms. The van der Waals surface area contributed by atoms with Gasteiger partial charge in [0.25, 0.3) is 0 Å². The van der Waals surface area contributed by atoms with Crippen molar-refractivity contribution in [3.8, 4) is 0 Å². The van der Waals surface area contributed by atoms with Gasteiger partial charge in [0.1, 0.15) is 0 Å². The molecule has 270 valence electrons. The molecule has 0 saturated carbocycles. The second-order valence-corrected chi connectivity index (χ2v) is 13.0. The van der Waals surface area contributed by atoms with Crippen LogP contribution in [0.5, 0.6) is 0 Å². The van der Waals surface area contributed by atoms with E-state index >= 15 is 0 Å². The summed E-state index contributed by atoms with van der Waals surface area (Å²) >= 11 is 0. The molecule has 15 heteroatoms. The van der Waals surface area contributed by atoms with Gasteiger partial charge in [-0.15, -0.1) is 0 Å². The molecule has 4 rings (SSSR count). The zero-order valence-corrected chi connectivity index (χ0v) is 29.3. The number of hydrogen-bond donors (Lipinski definition) is 5. The van der Waals surface area contributed by atoms with Gasteiger partial charge in [-0.2, -0.15) is 15.0 Å². The number of nitrogens with one attached hydrogen (secondary N) is 1. The molecule has 0 radical (unpaired) electrons. The third-order valence-electron chi connectivity index (χ3n) is 9.27. The van der Waals surface area contributed by atoms with E-state index < -0.39 is 0 Å². The van der Waals surface area contributed by atoms with Crippen LogP contribution in [0.3, 0.4) is 0 Å². The van der Waals surface area contributed by atoms with Gasteiger partial charge < -0.3 is 40.4 Å². The fourth-order valence-corrected chi connectivity index (χ4v) is 6.32. The number of likely N-dealkylation sites (N-methyl/N-ethyl adjacent to an activating group) is 1. The Bertz CT molecular complexity index is 1190. The minimum Gasteiger partial charge on any atom is -0.395 e. The molecule has 2 saturated heterocycles. The first-order chi connectivity index (χ1) is 23.3. The average molecular weight is 674 g/mol. The summed E-state index contributed by atoms with van der Waals surface area (Å²) in [6, 6.07) is 8.46. The number of aliphatic hydroxyl groups is 4. The van der Waals surface area contributed by atoms with Gasteiger partial charge in [0, 0.05) is 124 Å². The van der Waals surface area contributed by atoms with E-state index in [1.54, 1.807) is 0 Å². The summed E-state index contributed by atoms with van der Waals surface area (Å²) in [6.07, 6.45) is 0.770. The van der Waals surface area contributed by atoms with Gasteiger partial charge in [0.05, 0.1) is 26.4 Å². The topological polar surface area (TPSA) is 154 Å². The standard InChI is InChI=1S/C33H59N11O4/c1-38(2)32-35-31(36-33(37-32)44-15-8-39(3)9-16-44)34-29-6-4-28(5-7-29)26-30-27-42(20-24-47)13-12-40(18-22-45)10-11-41(19-23-46)14-17-43(30)21-25-48/h4-7,30,45-48H,8-27H2,1-3H3,(H,34,35,36,37). The van der Waals surface area contributed by atoms with Crippen LogP contribution in [0.15, 0.2) is 24.3 Å². The minimum absolute atomic E-state index is 0.0562. The number of nitrogens with zero attached hydrogens (tertiary/aromatic N) is 10. The van der Waals surface area contributed by atoms with E-state index in [4.69, 9.17) is 9.97 Å². The van der Waals surface area contributed by atoms with Crippen molar-refractivity contribution in [2.45, 2.75) is 12.5 Å². The van der Waals surface area contributed by atoms with Crippen LogP contribution < -0.4 is 15.1 Å². The number of benzene rings is 1. The van der Waals surface area contributed by atoms with Crippen LogP contribution in [0, 0.1) is 0 Å². The lowest BCUT2D eigenvalue weighted by Gasteiger charge is -2.38. The van der Waals surface area contributed by atoms with Crippen LogP contribution in [0.1, 0.15) is 5.56 Å². The molecule has 2 aromatic rings. The second kappa shape index (κ2) is 20.1. The molecule has 0 bridgehead atoms. The normalized spacial score (nSPS) is 20.4. The minimum atomic E-state index is 0.0562. The van der Waals surface area contributed by atoms with Gasteiger partial charge >= 0.3 is 0 Å². The first-order valence-corrected chi connectivity index (χ1v) is 17.4. The van der Waals surface area contributed by atoms with Crippen LogP contribution in [0.25, 0.3) is 0 Å². The first-order valence-electron chi connectivity index (χ1n) is 17.4. The van der Waals surface area contributed by atoms with Crippen molar-refractivity contribution >= 4 is 23.5 Å². The highest BCUT2D eigenvalue weighted by Gasteiger charge is 2.24. The zero-order chi connectivity index (χ0) is 34.3. The average Bonchev–Trinajstić information content (AvgIpc) is 3.07. The Morgan fingerprint density at radius 2 is 1.25 bits per heavy atom. The summed E-state index contributed by atoms with van der Waals surface area (Å²) in [4.78, 5) is 29.7. The van der Waals surface area contributed by atoms with E-state index in [1.807, 2.05) is 19.0 Å². The van der Waals surface area contributed by atoms with Gasteiger partial charge in [0.2, 0.25) is 17.8 Å². The molecule has 1 unspecified atom stereocenters. The Labute approximate surface area is 286 Å². The lowest BCUT2D eigenvalue weighted by atomic mass is 10.0. The monoisotopic (exact) mass is 673 g/mol. The van der Waals surface area contributed by atoms with Crippen molar-refractivity contribution in [1.82, 2.24) is 39.5 Å². The highest BCUT2D eigenvalue weighted by molar-refractivity contribution is 5.56. The molecule has 1 aromatic carbocycles.